The van der Waals surface area contributed by atoms with Gasteiger partial charge in [-0.25, -0.2) is 0 Å². The Morgan fingerprint density at radius 1 is 1.43 bits per heavy atom. The van der Waals surface area contributed by atoms with Crippen LogP contribution in [0.25, 0.3) is 0 Å². The molecular formula is C17H24ClNO2. The van der Waals surface area contributed by atoms with Crippen molar-refractivity contribution in [1.82, 2.24) is 4.90 Å². The first-order valence-electron chi connectivity index (χ1n) is 7.63. The molecule has 1 aromatic carbocycles. The maximum Gasteiger partial charge on any atom is 0.263 e. The highest BCUT2D eigenvalue weighted by Gasteiger charge is 2.32. The molecule has 1 aliphatic heterocycles. The Balaban J connectivity index is 2.07. The van der Waals surface area contributed by atoms with Crippen LogP contribution in [0.1, 0.15) is 40.0 Å². The fraction of sp³-hybridized carbons (Fsp3) is 0.588. The Morgan fingerprint density at radius 2 is 2.14 bits per heavy atom. The number of halogens is 1. The van der Waals surface area contributed by atoms with Gasteiger partial charge in [-0.3, -0.25) is 4.79 Å². The molecule has 0 bridgehead atoms. The summed E-state index contributed by atoms with van der Waals surface area (Å²) in [5.41, 5.74) is 0.191. The number of hydrogen-bond acceptors (Lipinski definition) is 2. The largest absolute Gasteiger partial charge is 0.479 e. The van der Waals surface area contributed by atoms with E-state index in [1.54, 1.807) is 12.1 Å². The summed E-state index contributed by atoms with van der Waals surface area (Å²) in [7, 11) is 0. The van der Waals surface area contributed by atoms with E-state index in [2.05, 4.69) is 13.8 Å². The minimum atomic E-state index is -0.459. The zero-order valence-corrected chi connectivity index (χ0v) is 13.8. The maximum absolute atomic E-state index is 12.7. The van der Waals surface area contributed by atoms with Gasteiger partial charge in [0, 0.05) is 13.1 Å². The summed E-state index contributed by atoms with van der Waals surface area (Å²) < 4.78 is 5.85. The maximum atomic E-state index is 12.7. The number of piperidine rings is 1. The quantitative estimate of drug-likeness (QED) is 0.836. The van der Waals surface area contributed by atoms with Crippen LogP contribution in [-0.2, 0) is 4.79 Å². The van der Waals surface area contributed by atoms with Crippen LogP contribution in [0.4, 0.5) is 0 Å². The summed E-state index contributed by atoms with van der Waals surface area (Å²) in [5, 5.41) is 0.544. The monoisotopic (exact) mass is 309 g/mol. The molecule has 0 radical (unpaired) electrons. The predicted octanol–water partition coefficient (Wildman–Crippen LogP) is 4.15. The van der Waals surface area contributed by atoms with E-state index in [1.807, 2.05) is 24.0 Å². The first kappa shape index (κ1) is 16.2. The molecule has 0 aliphatic carbocycles. The van der Waals surface area contributed by atoms with Gasteiger partial charge in [0.05, 0.1) is 5.02 Å². The van der Waals surface area contributed by atoms with Gasteiger partial charge < -0.3 is 9.64 Å². The lowest BCUT2D eigenvalue weighted by Crippen LogP contribution is -2.48. The number of amides is 1. The third-order valence-corrected chi connectivity index (χ3v) is 4.28. The molecule has 0 aromatic heterocycles. The van der Waals surface area contributed by atoms with Crippen molar-refractivity contribution in [2.24, 2.45) is 5.41 Å². The highest BCUT2D eigenvalue weighted by Crippen LogP contribution is 2.30. The Labute approximate surface area is 132 Å². The van der Waals surface area contributed by atoms with Crippen molar-refractivity contribution in [3.05, 3.63) is 29.3 Å². The Hall–Kier alpha value is -1.22. The fourth-order valence-electron chi connectivity index (χ4n) is 2.82. The number of rotatable bonds is 4. The number of para-hydroxylation sites is 1. The van der Waals surface area contributed by atoms with Crippen molar-refractivity contribution in [2.45, 2.75) is 46.1 Å². The lowest BCUT2D eigenvalue weighted by molar-refractivity contribution is -0.142. The van der Waals surface area contributed by atoms with Gasteiger partial charge in [-0.15, -0.1) is 0 Å². The minimum absolute atomic E-state index is 0.0743. The molecule has 0 spiro atoms. The van der Waals surface area contributed by atoms with Crippen LogP contribution in [0, 0.1) is 5.41 Å². The fourth-order valence-corrected chi connectivity index (χ4v) is 3.00. The molecule has 2 rings (SSSR count). The smallest absolute Gasteiger partial charge is 0.263 e. The molecule has 1 unspecified atom stereocenters. The highest BCUT2D eigenvalue weighted by molar-refractivity contribution is 6.32. The van der Waals surface area contributed by atoms with Crippen LogP contribution in [0.3, 0.4) is 0 Å². The second-order valence-corrected chi connectivity index (χ2v) is 6.88. The van der Waals surface area contributed by atoms with Crippen molar-refractivity contribution < 1.29 is 9.53 Å². The average Bonchev–Trinajstić information content (AvgIpc) is 2.44. The molecule has 0 saturated carbocycles. The molecule has 116 valence electrons. The molecule has 1 amide bonds. The number of carbonyl (C=O) groups excluding carboxylic acids is 1. The molecule has 21 heavy (non-hydrogen) atoms. The summed E-state index contributed by atoms with van der Waals surface area (Å²) in [6.07, 6.45) is 2.40. The van der Waals surface area contributed by atoms with Gasteiger partial charge in [0.15, 0.2) is 6.10 Å². The zero-order chi connectivity index (χ0) is 15.5. The van der Waals surface area contributed by atoms with Crippen molar-refractivity contribution >= 4 is 17.5 Å². The Morgan fingerprint density at radius 3 is 2.76 bits per heavy atom. The van der Waals surface area contributed by atoms with Crippen LogP contribution in [0.2, 0.25) is 5.02 Å². The molecule has 1 fully saturated rings. The van der Waals surface area contributed by atoms with E-state index in [1.165, 1.54) is 6.42 Å². The van der Waals surface area contributed by atoms with Gasteiger partial charge in [-0.1, -0.05) is 44.5 Å². The number of likely N-dealkylation sites (tertiary alicyclic amines) is 1. The second-order valence-electron chi connectivity index (χ2n) is 6.47. The number of carbonyl (C=O) groups is 1. The number of ether oxygens (including phenoxy) is 1. The van der Waals surface area contributed by atoms with Crippen molar-refractivity contribution in [3.8, 4) is 5.75 Å². The van der Waals surface area contributed by atoms with Crippen LogP contribution in [0.15, 0.2) is 24.3 Å². The van der Waals surface area contributed by atoms with E-state index in [9.17, 15) is 4.79 Å². The van der Waals surface area contributed by atoms with Crippen molar-refractivity contribution in [2.75, 3.05) is 13.1 Å². The molecule has 0 N–H and O–H groups in total. The van der Waals surface area contributed by atoms with E-state index in [4.69, 9.17) is 16.3 Å². The summed E-state index contributed by atoms with van der Waals surface area (Å²) in [6.45, 7) is 8.01. The molecule has 1 atom stereocenters. The number of hydrogen-bond donors (Lipinski definition) is 0. The summed E-state index contributed by atoms with van der Waals surface area (Å²) in [6, 6.07) is 7.30. The zero-order valence-electron chi connectivity index (χ0n) is 13.1. The van der Waals surface area contributed by atoms with E-state index in [0.717, 1.165) is 19.5 Å². The Kier molecular flexibility index (Phi) is 5.15. The van der Waals surface area contributed by atoms with E-state index in [0.29, 0.717) is 17.2 Å². The molecule has 3 nitrogen and oxygen atoms in total. The van der Waals surface area contributed by atoms with Crippen molar-refractivity contribution in [1.29, 1.82) is 0 Å². The SMILES string of the molecule is CCC(Oc1ccccc1Cl)C(=O)N1CCCC(C)(C)C1. The third kappa shape index (κ3) is 4.13. The van der Waals surface area contributed by atoms with Gasteiger partial charge in [-0.2, -0.15) is 0 Å². The molecule has 1 saturated heterocycles. The van der Waals surface area contributed by atoms with E-state index in [-0.39, 0.29) is 11.3 Å². The number of nitrogens with zero attached hydrogens (tertiary/aromatic N) is 1. The first-order chi connectivity index (χ1) is 9.93. The second kappa shape index (κ2) is 6.69. The topological polar surface area (TPSA) is 29.5 Å². The van der Waals surface area contributed by atoms with Crippen molar-refractivity contribution in [3.63, 3.8) is 0 Å². The summed E-state index contributed by atoms with van der Waals surface area (Å²) >= 11 is 6.11. The lowest BCUT2D eigenvalue weighted by Gasteiger charge is -2.39. The summed E-state index contributed by atoms with van der Waals surface area (Å²) in [5.74, 6) is 0.654. The lowest BCUT2D eigenvalue weighted by atomic mass is 9.84. The first-order valence-corrected chi connectivity index (χ1v) is 8.01. The van der Waals surface area contributed by atoms with Gasteiger partial charge in [-0.05, 0) is 36.8 Å². The number of benzene rings is 1. The predicted molar refractivity (Wildman–Crippen MR) is 85.8 cm³/mol. The Bertz CT molecular complexity index is 501. The van der Waals surface area contributed by atoms with Crippen LogP contribution in [-0.4, -0.2) is 30.0 Å². The summed E-state index contributed by atoms with van der Waals surface area (Å²) in [4.78, 5) is 14.6. The standard InChI is InChI=1S/C17H24ClNO2/c1-4-14(21-15-9-6-5-8-13(15)18)16(20)19-11-7-10-17(2,3)12-19/h5-6,8-9,14H,4,7,10-12H2,1-3H3. The van der Waals surface area contributed by atoms with Crippen LogP contribution >= 0.6 is 11.6 Å². The van der Waals surface area contributed by atoms with Gasteiger partial charge in [0.2, 0.25) is 0 Å². The normalized spacial score (nSPS) is 19.1. The van der Waals surface area contributed by atoms with E-state index >= 15 is 0 Å². The van der Waals surface area contributed by atoms with Gasteiger partial charge >= 0.3 is 0 Å². The van der Waals surface area contributed by atoms with Gasteiger partial charge in [0.1, 0.15) is 5.75 Å². The molecule has 4 heteroatoms. The average molecular weight is 310 g/mol. The van der Waals surface area contributed by atoms with Crippen LogP contribution < -0.4 is 4.74 Å². The molecule has 1 heterocycles. The highest BCUT2D eigenvalue weighted by atomic mass is 35.5. The molecule has 1 aliphatic rings. The molecule has 1 aromatic rings. The third-order valence-electron chi connectivity index (χ3n) is 3.96. The molecular weight excluding hydrogens is 286 g/mol. The van der Waals surface area contributed by atoms with E-state index < -0.39 is 6.10 Å². The minimum Gasteiger partial charge on any atom is -0.479 e. The van der Waals surface area contributed by atoms with Crippen LogP contribution in [0.5, 0.6) is 5.75 Å². The van der Waals surface area contributed by atoms with Gasteiger partial charge in [0.25, 0.3) is 5.91 Å².